The molecule has 0 saturated carbocycles. The summed E-state index contributed by atoms with van der Waals surface area (Å²) in [5.74, 6) is -0.915. The van der Waals surface area contributed by atoms with Crippen LogP contribution >= 0.6 is 11.3 Å². The van der Waals surface area contributed by atoms with Crippen LogP contribution in [-0.4, -0.2) is 41.6 Å². The van der Waals surface area contributed by atoms with Gasteiger partial charge in [0.25, 0.3) is 0 Å². The molecular formula is C18H19NO4S. The lowest BCUT2D eigenvalue weighted by Crippen LogP contribution is -2.42. The van der Waals surface area contributed by atoms with Crippen LogP contribution in [0.25, 0.3) is 0 Å². The van der Waals surface area contributed by atoms with E-state index in [9.17, 15) is 14.7 Å². The fraction of sp³-hybridized carbons (Fsp3) is 0.333. The van der Waals surface area contributed by atoms with Crippen LogP contribution in [0.3, 0.4) is 0 Å². The van der Waals surface area contributed by atoms with Crippen molar-refractivity contribution < 1.29 is 19.4 Å². The molecule has 2 aromatic rings. The van der Waals surface area contributed by atoms with Gasteiger partial charge in [0.15, 0.2) is 0 Å². The summed E-state index contributed by atoms with van der Waals surface area (Å²) in [6.45, 7) is 1.67. The minimum atomic E-state index is -0.956. The number of carboxylic acids is 1. The van der Waals surface area contributed by atoms with Crippen molar-refractivity contribution in [3.05, 3.63) is 57.8 Å². The first kappa shape index (κ1) is 16.7. The van der Waals surface area contributed by atoms with Crippen LogP contribution in [0.2, 0.25) is 0 Å². The number of nitrogens with zero attached hydrogens (tertiary/aromatic N) is 1. The molecule has 0 bridgehead atoms. The maximum Gasteiger partial charge on any atom is 0.335 e. The van der Waals surface area contributed by atoms with E-state index in [4.69, 9.17) is 4.74 Å². The number of amides is 1. The van der Waals surface area contributed by atoms with Crippen molar-refractivity contribution in [3.63, 3.8) is 0 Å². The first-order valence-corrected chi connectivity index (χ1v) is 8.77. The number of rotatable bonds is 5. The number of carbonyl (C=O) groups is 2. The van der Waals surface area contributed by atoms with Crippen molar-refractivity contribution >= 4 is 23.2 Å². The molecule has 1 unspecified atom stereocenters. The van der Waals surface area contributed by atoms with Gasteiger partial charge in [-0.25, -0.2) is 4.79 Å². The highest BCUT2D eigenvalue weighted by atomic mass is 32.1. The fourth-order valence-electron chi connectivity index (χ4n) is 2.87. The maximum absolute atomic E-state index is 12.5. The Balaban J connectivity index is 1.60. The highest BCUT2D eigenvalue weighted by Gasteiger charge is 2.25. The van der Waals surface area contributed by atoms with Crippen molar-refractivity contribution in [1.29, 1.82) is 0 Å². The van der Waals surface area contributed by atoms with Gasteiger partial charge in [0, 0.05) is 17.8 Å². The van der Waals surface area contributed by atoms with Gasteiger partial charge < -0.3 is 14.7 Å². The van der Waals surface area contributed by atoms with E-state index in [1.807, 2.05) is 22.4 Å². The predicted molar refractivity (Wildman–Crippen MR) is 91.3 cm³/mol. The number of hydrogen-bond acceptors (Lipinski definition) is 4. The molecule has 1 N–H and O–H groups in total. The Bertz CT molecular complexity index is 714. The second-order valence-electron chi connectivity index (χ2n) is 5.68. The molecule has 126 valence electrons. The zero-order valence-electron chi connectivity index (χ0n) is 13.2. The molecule has 1 aromatic carbocycles. The summed E-state index contributed by atoms with van der Waals surface area (Å²) in [7, 11) is 0. The van der Waals surface area contributed by atoms with Gasteiger partial charge in [0.1, 0.15) is 6.10 Å². The van der Waals surface area contributed by atoms with Crippen LogP contribution in [0.5, 0.6) is 0 Å². The lowest BCUT2D eigenvalue weighted by atomic mass is 10.0. The third-order valence-electron chi connectivity index (χ3n) is 4.14. The Morgan fingerprint density at radius 2 is 2.08 bits per heavy atom. The highest BCUT2D eigenvalue weighted by Crippen LogP contribution is 2.26. The molecule has 0 aliphatic carbocycles. The Labute approximate surface area is 144 Å². The van der Waals surface area contributed by atoms with Gasteiger partial charge >= 0.3 is 5.97 Å². The zero-order chi connectivity index (χ0) is 16.9. The Hall–Kier alpha value is -2.18. The number of thiophene rings is 1. The van der Waals surface area contributed by atoms with Crippen LogP contribution in [0, 0.1) is 0 Å². The number of aryl methyl sites for hydroxylation is 1. The molecule has 1 aliphatic heterocycles. The molecule has 1 fully saturated rings. The first-order chi connectivity index (χ1) is 11.6. The van der Waals surface area contributed by atoms with E-state index >= 15 is 0 Å². The summed E-state index contributed by atoms with van der Waals surface area (Å²) >= 11 is 1.63. The van der Waals surface area contributed by atoms with E-state index in [2.05, 4.69) is 0 Å². The minimum Gasteiger partial charge on any atom is -0.478 e. The van der Waals surface area contributed by atoms with Gasteiger partial charge in [-0.15, -0.1) is 11.3 Å². The zero-order valence-corrected chi connectivity index (χ0v) is 14.0. The summed E-state index contributed by atoms with van der Waals surface area (Å²) in [6.07, 6.45) is 0.679. The van der Waals surface area contributed by atoms with Crippen LogP contribution < -0.4 is 0 Å². The monoisotopic (exact) mass is 345 g/mol. The van der Waals surface area contributed by atoms with Crippen molar-refractivity contribution in [3.8, 4) is 0 Å². The van der Waals surface area contributed by atoms with E-state index in [1.165, 1.54) is 0 Å². The van der Waals surface area contributed by atoms with Crippen LogP contribution in [0.4, 0.5) is 0 Å². The van der Waals surface area contributed by atoms with E-state index in [-0.39, 0.29) is 17.6 Å². The molecule has 1 amide bonds. The van der Waals surface area contributed by atoms with Crippen LogP contribution in [0.15, 0.2) is 41.8 Å². The quantitative estimate of drug-likeness (QED) is 0.905. The number of hydrogen-bond donors (Lipinski definition) is 1. The molecule has 24 heavy (non-hydrogen) atoms. The molecule has 3 rings (SSSR count). The lowest BCUT2D eigenvalue weighted by Gasteiger charge is -2.32. The second kappa shape index (κ2) is 7.59. The van der Waals surface area contributed by atoms with Crippen molar-refractivity contribution in [2.45, 2.75) is 18.9 Å². The predicted octanol–water partition coefficient (Wildman–Crippen LogP) is 2.98. The summed E-state index contributed by atoms with van der Waals surface area (Å²) in [6, 6.07) is 10.8. The third kappa shape index (κ3) is 3.83. The first-order valence-electron chi connectivity index (χ1n) is 7.89. The minimum absolute atomic E-state index is 0.0417. The van der Waals surface area contributed by atoms with Gasteiger partial charge in [0.05, 0.1) is 18.7 Å². The summed E-state index contributed by atoms with van der Waals surface area (Å²) in [5, 5.41) is 11.2. The number of ether oxygens (including phenoxy) is 1. The summed E-state index contributed by atoms with van der Waals surface area (Å²) < 4.78 is 5.75. The molecule has 0 radical (unpaired) electrons. The average Bonchev–Trinajstić information content (AvgIpc) is 3.14. The molecule has 6 heteroatoms. The van der Waals surface area contributed by atoms with E-state index in [1.54, 1.807) is 35.6 Å². The maximum atomic E-state index is 12.5. The number of aromatic carboxylic acids is 1. The molecule has 1 saturated heterocycles. The largest absolute Gasteiger partial charge is 0.478 e. The number of morpholine rings is 1. The SMILES string of the molecule is O=C(O)c1ccccc1CCC(=O)N1CCOC(c2cccs2)C1. The average molecular weight is 345 g/mol. The molecule has 1 atom stereocenters. The molecular weight excluding hydrogens is 326 g/mol. The Kier molecular flexibility index (Phi) is 5.27. The summed E-state index contributed by atoms with van der Waals surface area (Å²) in [4.78, 5) is 26.7. The smallest absolute Gasteiger partial charge is 0.335 e. The topological polar surface area (TPSA) is 66.8 Å². The Morgan fingerprint density at radius 3 is 2.83 bits per heavy atom. The van der Waals surface area contributed by atoms with Gasteiger partial charge in [-0.1, -0.05) is 24.3 Å². The molecule has 5 nitrogen and oxygen atoms in total. The summed E-state index contributed by atoms with van der Waals surface area (Å²) in [5.41, 5.74) is 0.963. The van der Waals surface area contributed by atoms with Gasteiger partial charge in [-0.3, -0.25) is 4.79 Å². The van der Waals surface area contributed by atoms with Crippen LogP contribution in [-0.2, 0) is 16.0 Å². The molecule has 1 aromatic heterocycles. The number of carbonyl (C=O) groups excluding carboxylic acids is 1. The van der Waals surface area contributed by atoms with Gasteiger partial charge in [-0.05, 0) is 29.5 Å². The number of benzene rings is 1. The van der Waals surface area contributed by atoms with Crippen molar-refractivity contribution in [2.24, 2.45) is 0 Å². The normalized spacial score (nSPS) is 17.7. The Morgan fingerprint density at radius 1 is 1.25 bits per heavy atom. The molecule has 2 heterocycles. The molecule has 1 aliphatic rings. The van der Waals surface area contributed by atoms with E-state index in [0.717, 1.165) is 4.88 Å². The fourth-order valence-corrected chi connectivity index (χ4v) is 3.63. The second-order valence-corrected chi connectivity index (χ2v) is 6.66. The standard InChI is InChI=1S/C18H19NO4S/c20-17(8-7-13-4-1-2-5-14(13)18(21)22)19-9-10-23-15(12-19)16-6-3-11-24-16/h1-6,11,15H,7-10,12H2,(H,21,22). The van der Waals surface area contributed by atoms with Gasteiger partial charge in [0.2, 0.25) is 5.91 Å². The lowest BCUT2D eigenvalue weighted by molar-refractivity contribution is -0.138. The van der Waals surface area contributed by atoms with Crippen LogP contribution in [0.1, 0.15) is 33.3 Å². The van der Waals surface area contributed by atoms with Crippen molar-refractivity contribution in [1.82, 2.24) is 4.90 Å². The third-order valence-corrected chi connectivity index (χ3v) is 5.10. The van der Waals surface area contributed by atoms with E-state index < -0.39 is 5.97 Å². The van der Waals surface area contributed by atoms with Crippen molar-refractivity contribution in [2.75, 3.05) is 19.7 Å². The van der Waals surface area contributed by atoms with Gasteiger partial charge in [-0.2, -0.15) is 0 Å². The number of carboxylic acid groups (broad SMARTS) is 1. The molecule has 0 spiro atoms. The highest BCUT2D eigenvalue weighted by molar-refractivity contribution is 7.10. The van der Waals surface area contributed by atoms with E-state index in [0.29, 0.717) is 38.1 Å².